The maximum Gasteiger partial charge on any atom is 0.306 e. The predicted molar refractivity (Wildman–Crippen MR) is 104 cm³/mol. The van der Waals surface area contributed by atoms with Gasteiger partial charge in [-0.1, -0.05) is 20.3 Å². The van der Waals surface area contributed by atoms with Crippen LogP contribution in [0.2, 0.25) is 0 Å². The molecule has 0 saturated heterocycles. The number of carbonyl (C=O) groups excluding carboxylic acids is 1. The van der Waals surface area contributed by atoms with Gasteiger partial charge in [0.1, 0.15) is 5.60 Å². The number of halogens is 1. The van der Waals surface area contributed by atoms with Gasteiger partial charge in [-0.15, -0.1) is 24.0 Å². The highest BCUT2D eigenvalue weighted by Gasteiger charge is 2.15. The van der Waals surface area contributed by atoms with Crippen LogP contribution in [0.1, 0.15) is 66.7 Å². The third-order valence-electron chi connectivity index (χ3n) is 2.77. The molecule has 0 aliphatic rings. The van der Waals surface area contributed by atoms with E-state index in [4.69, 9.17) is 10.5 Å². The van der Waals surface area contributed by atoms with Gasteiger partial charge >= 0.3 is 5.97 Å². The molecule has 0 rings (SSSR count). The number of guanidine groups is 1. The van der Waals surface area contributed by atoms with Crippen molar-refractivity contribution < 1.29 is 9.53 Å². The van der Waals surface area contributed by atoms with Gasteiger partial charge in [-0.2, -0.15) is 0 Å². The van der Waals surface area contributed by atoms with Crippen LogP contribution in [0, 0.1) is 5.92 Å². The first-order valence-corrected chi connectivity index (χ1v) is 7.96. The maximum atomic E-state index is 11.5. The van der Waals surface area contributed by atoms with Crippen molar-refractivity contribution in [2.45, 2.75) is 72.3 Å². The van der Waals surface area contributed by atoms with Gasteiger partial charge < -0.3 is 15.8 Å². The largest absolute Gasteiger partial charge is 0.460 e. The molecule has 0 aromatic rings. The number of aliphatic imine (C=N–C) groups is 1. The van der Waals surface area contributed by atoms with Crippen LogP contribution >= 0.6 is 24.0 Å². The molecule has 0 aromatic heterocycles. The molecule has 0 aliphatic heterocycles. The second-order valence-electron chi connectivity index (χ2n) is 6.77. The molecule has 0 aromatic carbocycles. The van der Waals surface area contributed by atoms with Gasteiger partial charge in [0.15, 0.2) is 5.96 Å². The van der Waals surface area contributed by atoms with Crippen molar-refractivity contribution >= 4 is 35.9 Å². The highest BCUT2D eigenvalue weighted by molar-refractivity contribution is 14.0. The Morgan fingerprint density at radius 2 is 1.86 bits per heavy atom. The van der Waals surface area contributed by atoms with Crippen molar-refractivity contribution in [2.75, 3.05) is 13.1 Å². The molecular formula is C16H34IN3O2. The van der Waals surface area contributed by atoms with E-state index in [0.717, 1.165) is 32.2 Å². The molecule has 132 valence electrons. The van der Waals surface area contributed by atoms with Crippen LogP contribution < -0.4 is 11.1 Å². The van der Waals surface area contributed by atoms with E-state index in [2.05, 4.69) is 24.2 Å². The first kappa shape index (κ1) is 23.7. The second-order valence-corrected chi connectivity index (χ2v) is 6.77. The summed E-state index contributed by atoms with van der Waals surface area (Å²) < 4.78 is 5.25. The standard InChI is InChI=1S/C16H33N3O2.HI/c1-13(2)10-12-19-15(17)18-11-8-6-7-9-14(20)21-16(3,4)5;/h13H,6-12H2,1-5H3,(H3,17,18,19);1H. The highest BCUT2D eigenvalue weighted by Crippen LogP contribution is 2.10. The topological polar surface area (TPSA) is 76.7 Å². The number of hydrogen-bond acceptors (Lipinski definition) is 3. The molecule has 0 amide bonds. The van der Waals surface area contributed by atoms with Crippen LogP contribution in [0.15, 0.2) is 4.99 Å². The van der Waals surface area contributed by atoms with Gasteiger partial charge in [0, 0.05) is 19.5 Å². The zero-order valence-corrected chi connectivity index (χ0v) is 17.1. The third kappa shape index (κ3) is 17.5. The van der Waals surface area contributed by atoms with E-state index in [-0.39, 0.29) is 29.9 Å². The van der Waals surface area contributed by atoms with Crippen molar-refractivity contribution in [2.24, 2.45) is 16.6 Å². The first-order valence-electron chi connectivity index (χ1n) is 7.96. The molecule has 0 atom stereocenters. The van der Waals surface area contributed by atoms with Crippen LogP contribution in [0.5, 0.6) is 0 Å². The molecule has 5 nitrogen and oxygen atoms in total. The van der Waals surface area contributed by atoms with Gasteiger partial charge in [-0.25, -0.2) is 0 Å². The van der Waals surface area contributed by atoms with Crippen molar-refractivity contribution in [1.82, 2.24) is 5.32 Å². The Labute approximate surface area is 152 Å². The molecule has 0 aliphatic carbocycles. The average Bonchev–Trinajstić information content (AvgIpc) is 2.30. The van der Waals surface area contributed by atoms with E-state index in [1.807, 2.05) is 20.8 Å². The first-order chi connectivity index (χ1) is 9.70. The number of esters is 1. The number of nitrogens with zero attached hydrogens (tertiary/aromatic N) is 1. The lowest BCUT2D eigenvalue weighted by Crippen LogP contribution is -2.33. The summed E-state index contributed by atoms with van der Waals surface area (Å²) in [4.78, 5) is 15.8. The van der Waals surface area contributed by atoms with E-state index in [1.165, 1.54) is 0 Å². The molecule has 0 unspecified atom stereocenters. The van der Waals surface area contributed by atoms with Crippen molar-refractivity contribution in [1.29, 1.82) is 0 Å². The van der Waals surface area contributed by atoms with Gasteiger partial charge in [0.05, 0.1) is 0 Å². The smallest absolute Gasteiger partial charge is 0.306 e. The summed E-state index contributed by atoms with van der Waals surface area (Å²) in [5, 5.41) is 3.10. The van der Waals surface area contributed by atoms with E-state index >= 15 is 0 Å². The summed E-state index contributed by atoms with van der Waals surface area (Å²) in [6.45, 7) is 11.6. The summed E-state index contributed by atoms with van der Waals surface area (Å²) in [7, 11) is 0. The fourth-order valence-electron chi connectivity index (χ4n) is 1.69. The molecule has 0 heterocycles. The number of ether oxygens (including phenoxy) is 1. The van der Waals surface area contributed by atoms with E-state index < -0.39 is 5.60 Å². The van der Waals surface area contributed by atoms with Crippen molar-refractivity contribution in [3.63, 3.8) is 0 Å². The average molecular weight is 427 g/mol. The molecular weight excluding hydrogens is 393 g/mol. The number of nitrogens with one attached hydrogen (secondary N) is 1. The molecule has 6 heteroatoms. The van der Waals surface area contributed by atoms with Crippen LogP contribution in [0.3, 0.4) is 0 Å². The summed E-state index contributed by atoms with van der Waals surface area (Å²) in [5.74, 6) is 1.06. The number of carbonyl (C=O) groups is 1. The number of rotatable bonds is 9. The summed E-state index contributed by atoms with van der Waals surface area (Å²) >= 11 is 0. The lowest BCUT2D eigenvalue weighted by molar-refractivity contribution is -0.154. The number of hydrogen-bond donors (Lipinski definition) is 2. The van der Waals surface area contributed by atoms with E-state index in [1.54, 1.807) is 0 Å². The molecule has 0 radical (unpaired) electrons. The van der Waals surface area contributed by atoms with Crippen LogP contribution in [0.4, 0.5) is 0 Å². The van der Waals surface area contributed by atoms with Crippen molar-refractivity contribution in [3.8, 4) is 0 Å². The third-order valence-corrected chi connectivity index (χ3v) is 2.77. The lowest BCUT2D eigenvalue weighted by atomic mass is 10.1. The molecule has 0 bridgehead atoms. The van der Waals surface area contributed by atoms with Gasteiger partial charge in [-0.3, -0.25) is 9.79 Å². The monoisotopic (exact) mass is 427 g/mol. The lowest BCUT2D eigenvalue weighted by Gasteiger charge is -2.19. The van der Waals surface area contributed by atoms with Crippen LogP contribution in [-0.4, -0.2) is 30.6 Å². The fraction of sp³-hybridized carbons (Fsp3) is 0.875. The predicted octanol–water partition coefficient (Wildman–Crippen LogP) is 3.46. The number of nitrogens with two attached hydrogens (primary N) is 1. The minimum Gasteiger partial charge on any atom is -0.460 e. The second kappa shape index (κ2) is 13.0. The fourth-order valence-corrected chi connectivity index (χ4v) is 1.69. The highest BCUT2D eigenvalue weighted by atomic mass is 127. The van der Waals surface area contributed by atoms with Gasteiger partial charge in [-0.05, 0) is 46.0 Å². The summed E-state index contributed by atoms with van der Waals surface area (Å²) in [6.07, 6.45) is 4.30. The van der Waals surface area contributed by atoms with Gasteiger partial charge in [0.25, 0.3) is 0 Å². The Hall–Kier alpha value is -0.530. The van der Waals surface area contributed by atoms with E-state index in [0.29, 0.717) is 24.8 Å². The molecule has 3 N–H and O–H groups in total. The normalized spacial score (nSPS) is 12.0. The van der Waals surface area contributed by atoms with Crippen LogP contribution in [-0.2, 0) is 9.53 Å². The zero-order valence-electron chi connectivity index (χ0n) is 14.8. The SMILES string of the molecule is CC(C)CCNC(N)=NCCCCCC(=O)OC(C)(C)C.I. The molecule has 0 fully saturated rings. The maximum absolute atomic E-state index is 11.5. The van der Waals surface area contributed by atoms with E-state index in [9.17, 15) is 4.79 Å². The van der Waals surface area contributed by atoms with Gasteiger partial charge in [0.2, 0.25) is 0 Å². The minimum atomic E-state index is -0.391. The van der Waals surface area contributed by atoms with Crippen molar-refractivity contribution in [3.05, 3.63) is 0 Å². The summed E-state index contributed by atoms with van der Waals surface area (Å²) in [5.41, 5.74) is 5.37. The molecule has 0 spiro atoms. The molecule has 22 heavy (non-hydrogen) atoms. The number of unbranched alkanes of at least 4 members (excludes halogenated alkanes) is 2. The minimum absolute atomic E-state index is 0. The Bertz CT molecular complexity index is 326. The Morgan fingerprint density at radius 1 is 1.23 bits per heavy atom. The Kier molecular flexibility index (Phi) is 14.0. The quantitative estimate of drug-likeness (QED) is 0.194. The Morgan fingerprint density at radius 3 is 2.41 bits per heavy atom. The zero-order chi connectivity index (χ0) is 16.3. The molecule has 0 saturated carbocycles. The Balaban J connectivity index is 0. The summed E-state index contributed by atoms with van der Waals surface area (Å²) in [6, 6.07) is 0. The van der Waals surface area contributed by atoms with Crippen LogP contribution in [0.25, 0.3) is 0 Å².